The first-order valence-corrected chi connectivity index (χ1v) is 14.1. The molecule has 0 aliphatic rings. The zero-order valence-corrected chi connectivity index (χ0v) is 24.3. The Bertz CT molecular complexity index is 2230. The minimum atomic E-state index is -1.17. The number of rotatable bonds is 8. The number of carbonyl (C=O) groups is 1. The second-order valence-electron chi connectivity index (χ2n) is 11.3. The molecule has 0 bridgehead atoms. The molecule has 0 saturated heterocycles. The summed E-state index contributed by atoms with van der Waals surface area (Å²) in [7, 11) is 0. The molecule has 2 heterocycles. The third-order valence-corrected chi connectivity index (χ3v) is 7.87. The molecule has 44 heavy (non-hydrogen) atoms. The third kappa shape index (κ3) is 5.06. The molecule has 220 valence electrons. The van der Waals surface area contributed by atoms with Crippen molar-refractivity contribution in [1.29, 1.82) is 10.8 Å². The van der Waals surface area contributed by atoms with Gasteiger partial charge in [-0.05, 0) is 56.9 Å². The second-order valence-corrected chi connectivity index (χ2v) is 11.3. The number of imidazole rings is 1. The van der Waals surface area contributed by atoms with Crippen molar-refractivity contribution < 1.29 is 9.90 Å². The highest BCUT2D eigenvalue weighted by Crippen LogP contribution is 2.26. The highest BCUT2D eigenvalue weighted by Gasteiger charge is 2.24. The zero-order chi connectivity index (χ0) is 31.3. The molecular formula is C34H31N7O3. The minimum absolute atomic E-state index is 0.0209. The smallest absolute Gasteiger partial charge is 0.339 e. The number of nitrogen functional groups attached to an aromatic ring is 2. The lowest BCUT2D eigenvalue weighted by atomic mass is 10.0. The maximum absolute atomic E-state index is 14.1. The Morgan fingerprint density at radius 1 is 0.818 bits per heavy atom. The number of nitrogens with one attached hydrogen (secondary N) is 2. The fourth-order valence-corrected chi connectivity index (χ4v) is 5.66. The average Bonchev–Trinajstić information content (AvgIpc) is 3.37. The van der Waals surface area contributed by atoms with Gasteiger partial charge in [0.15, 0.2) is 0 Å². The van der Waals surface area contributed by atoms with Crippen LogP contribution < -0.4 is 17.0 Å². The van der Waals surface area contributed by atoms with E-state index in [0.717, 1.165) is 32.7 Å². The minimum Gasteiger partial charge on any atom is -0.478 e. The molecule has 0 fully saturated rings. The molecule has 0 amide bonds. The second kappa shape index (κ2) is 10.8. The monoisotopic (exact) mass is 585 g/mol. The van der Waals surface area contributed by atoms with Gasteiger partial charge in [-0.1, -0.05) is 62.4 Å². The summed E-state index contributed by atoms with van der Waals surface area (Å²) < 4.78 is 3.24. The van der Waals surface area contributed by atoms with Crippen LogP contribution in [0.4, 0.5) is 0 Å². The molecule has 6 rings (SSSR count). The number of amidine groups is 2. The van der Waals surface area contributed by atoms with E-state index in [-0.39, 0.29) is 46.3 Å². The first kappa shape index (κ1) is 28.4. The van der Waals surface area contributed by atoms with Gasteiger partial charge in [-0.25, -0.2) is 9.78 Å². The quantitative estimate of drug-likeness (QED) is 0.124. The molecule has 4 aromatic carbocycles. The summed E-state index contributed by atoms with van der Waals surface area (Å²) in [5.41, 5.74) is 14.3. The maximum Gasteiger partial charge on any atom is 0.339 e. The van der Waals surface area contributed by atoms with Crippen molar-refractivity contribution in [3.63, 3.8) is 0 Å². The predicted molar refractivity (Wildman–Crippen MR) is 173 cm³/mol. The van der Waals surface area contributed by atoms with Crippen LogP contribution in [0.3, 0.4) is 0 Å². The topological polar surface area (TPSA) is 177 Å². The van der Waals surface area contributed by atoms with Gasteiger partial charge in [-0.3, -0.25) is 15.6 Å². The van der Waals surface area contributed by atoms with Crippen molar-refractivity contribution in [1.82, 2.24) is 14.1 Å². The fourth-order valence-electron chi connectivity index (χ4n) is 5.66. The van der Waals surface area contributed by atoms with Crippen LogP contribution in [-0.2, 0) is 13.1 Å². The van der Waals surface area contributed by atoms with E-state index in [1.54, 1.807) is 12.1 Å². The molecule has 0 radical (unpaired) electrons. The normalized spacial score (nSPS) is 11.5. The Labute approximate surface area is 252 Å². The number of fused-ring (bicyclic) bond motifs is 3. The summed E-state index contributed by atoms with van der Waals surface area (Å²) in [6, 6.07) is 22.7. The van der Waals surface area contributed by atoms with Gasteiger partial charge < -0.3 is 25.7 Å². The Morgan fingerprint density at radius 2 is 1.34 bits per heavy atom. The highest BCUT2D eigenvalue weighted by atomic mass is 16.4. The van der Waals surface area contributed by atoms with E-state index in [0.29, 0.717) is 23.5 Å². The zero-order valence-electron chi connectivity index (χ0n) is 24.3. The molecule has 10 heteroatoms. The van der Waals surface area contributed by atoms with Crippen molar-refractivity contribution in [3.05, 3.63) is 123 Å². The summed E-state index contributed by atoms with van der Waals surface area (Å²) in [5, 5.41) is 29.5. The van der Waals surface area contributed by atoms with Crippen molar-refractivity contribution in [2.24, 2.45) is 11.5 Å². The molecule has 0 aliphatic carbocycles. The van der Waals surface area contributed by atoms with Crippen LogP contribution in [0, 0.1) is 10.8 Å². The van der Waals surface area contributed by atoms with Crippen molar-refractivity contribution in [2.75, 3.05) is 0 Å². The number of nitrogens with zero attached hydrogens (tertiary/aromatic N) is 3. The van der Waals surface area contributed by atoms with Gasteiger partial charge in [0, 0.05) is 29.8 Å². The van der Waals surface area contributed by atoms with Crippen molar-refractivity contribution in [3.8, 4) is 0 Å². The van der Waals surface area contributed by atoms with Crippen LogP contribution in [0.15, 0.2) is 83.8 Å². The van der Waals surface area contributed by atoms with Crippen LogP contribution in [-0.4, -0.2) is 36.9 Å². The maximum atomic E-state index is 14.1. The number of carboxylic acids is 1. The van der Waals surface area contributed by atoms with Crippen molar-refractivity contribution >= 4 is 50.2 Å². The van der Waals surface area contributed by atoms with Crippen molar-refractivity contribution in [2.45, 2.75) is 32.9 Å². The van der Waals surface area contributed by atoms with Gasteiger partial charge >= 0.3 is 5.97 Å². The first-order chi connectivity index (χ1) is 21.0. The standard InChI is InChI=1S/C34H31N7O3/c1-18(2)32-39-28-27(34(43)44)17-40(15-19-3-5-21-7-9-23(30(35)36)13-25(21)11-19)33(42)29(28)41(32)16-20-4-6-22-8-10-24(31(37)38)14-26(22)12-20/h3-14,17-18H,15-16H2,1-2H3,(H3,35,36)(H3,37,38)(H,43,44). The lowest BCUT2D eigenvalue weighted by Crippen LogP contribution is -2.25. The van der Waals surface area contributed by atoms with Gasteiger partial charge in [-0.15, -0.1) is 0 Å². The number of nitrogens with two attached hydrogens (primary N) is 2. The molecule has 6 aromatic rings. The van der Waals surface area contributed by atoms with Crippen LogP contribution in [0.5, 0.6) is 0 Å². The average molecular weight is 586 g/mol. The summed E-state index contributed by atoms with van der Waals surface area (Å²) in [4.78, 5) is 31.3. The van der Waals surface area contributed by atoms with E-state index < -0.39 is 5.97 Å². The Hall–Kier alpha value is -5.77. The van der Waals surface area contributed by atoms with Gasteiger partial charge in [0.2, 0.25) is 0 Å². The summed E-state index contributed by atoms with van der Waals surface area (Å²) in [6.07, 6.45) is 1.37. The van der Waals surface area contributed by atoms with E-state index in [4.69, 9.17) is 27.3 Å². The highest BCUT2D eigenvalue weighted by molar-refractivity contribution is 6.01. The third-order valence-electron chi connectivity index (χ3n) is 7.87. The largest absolute Gasteiger partial charge is 0.478 e. The number of pyridine rings is 1. The SMILES string of the molecule is CC(C)c1nc2c(C(=O)O)cn(Cc3ccc4ccc(C(=N)N)cc4c3)c(=O)c2n1Cc1ccc2ccc(C(=N)N)cc2c1. The van der Waals surface area contributed by atoms with E-state index in [9.17, 15) is 14.7 Å². The van der Waals surface area contributed by atoms with Gasteiger partial charge in [0.05, 0.1) is 6.54 Å². The fraction of sp³-hybridized carbons (Fsp3) is 0.147. The molecule has 0 unspecified atom stereocenters. The number of carboxylic acid groups (broad SMARTS) is 1. The molecule has 0 aliphatic heterocycles. The van der Waals surface area contributed by atoms with E-state index in [1.807, 2.05) is 79.1 Å². The Morgan fingerprint density at radius 3 is 1.84 bits per heavy atom. The van der Waals surface area contributed by atoms with Crippen LogP contribution >= 0.6 is 0 Å². The number of benzene rings is 4. The number of hydrogen-bond donors (Lipinski definition) is 5. The van der Waals surface area contributed by atoms with Gasteiger partial charge in [0.25, 0.3) is 5.56 Å². The molecular weight excluding hydrogens is 554 g/mol. The van der Waals surface area contributed by atoms with Crippen LogP contribution in [0.25, 0.3) is 32.6 Å². The Kier molecular flexibility index (Phi) is 6.97. The molecule has 0 spiro atoms. The molecule has 7 N–H and O–H groups in total. The van der Waals surface area contributed by atoms with Crippen LogP contribution in [0.2, 0.25) is 0 Å². The van der Waals surface area contributed by atoms with Crippen LogP contribution in [0.1, 0.15) is 58.2 Å². The van der Waals surface area contributed by atoms with Gasteiger partial charge in [0.1, 0.15) is 34.1 Å². The summed E-state index contributed by atoms with van der Waals surface area (Å²) >= 11 is 0. The molecule has 10 nitrogen and oxygen atoms in total. The van der Waals surface area contributed by atoms with E-state index >= 15 is 0 Å². The number of hydrogen-bond acceptors (Lipinski definition) is 5. The Balaban J connectivity index is 1.49. The lowest BCUT2D eigenvalue weighted by molar-refractivity contribution is 0.0698. The van der Waals surface area contributed by atoms with E-state index in [1.165, 1.54) is 10.8 Å². The predicted octanol–water partition coefficient (Wildman–Crippen LogP) is 4.99. The first-order valence-electron chi connectivity index (χ1n) is 14.1. The molecule has 0 saturated carbocycles. The molecule has 2 aromatic heterocycles. The molecule has 0 atom stereocenters. The lowest BCUT2D eigenvalue weighted by Gasteiger charge is -2.14. The number of aromatic nitrogens is 3. The number of aromatic carboxylic acids is 1. The summed E-state index contributed by atoms with van der Waals surface area (Å²) in [5.74, 6) is -0.705. The van der Waals surface area contributed by atoms with Gasteiger partial charge in [-0.2, -0.15) is 0 Å². The van der Waals surface area contributed by atoms with E-state index in [2.05, 4.69) is 0 Å². The summed E-state index contributed by atoms with van der Waals surface area (Å²) in [6.45, 7) is 4.36.